The van der Waals surface area contributed by atoms with Crippen LogP contribution in [0.5, 0.6) is 0 Å². The van der Waals surface area contributed by atoms with E-state index in [1.165, 1.54) is 0 Å². The van der Waals surface area contributed by atoms with Crippen LogP contribution in [0.15, 0.2) is 28.7 Å². The summed E-state index contributed by atoms with van der Waals surface area (Å²) in [5, 5.41) is 9.03. The summed E-state index contributed by atoms with van der Waals surface area (Å²) in [4.78, 5) is 2.25. The molecule has 3 N–H and O–H groups in total. The third-order valence-electron chi connectivity index (χ3n) is 3.15. The van der Waals surface area contributed by atoms with Crippen molar-refractivity contribution in [3.05, 3.63) is 34.3 Å². The number of aliphatic hydroxyl groups excluding tert-OH is 1. The molecule has 0 radical (unpaired) electrons. The minimum atomic E-state index is 0.0283. The Morgan fingerprint density at radius 1 is 1.28 bits per heavy atom. The standard InChI is InChI=1S/C14H23BrN2O/c1-11(2)17(9-10-18)8-7-14(16)12-5-3-4-6-13(12)15/h3-6,11,14,18H,7-10,16H2,1-2H3. The molecule has 0 heterocycles. The predicted octanol–water partition coefficient (Wildman–Crippen LogP) is 2.54. The van der Waals surface area contributed by atoms with Crippen molar-refractivity contribution in [3.8, 4) is 0 Å². The molecule has 1 unspecified atom stereocenters. The van der Waals surface area contributed by atoms with Gasteiger partial charge >= 0.3 is 0 Å². The van der Waals surface area contributed by atoms with Crippen LogP contribution in [0.25, 0.3) is 0 Å². The first-order chi connectivity index (χ1) is 8.56. The molecule has 0 amide bonds. The van der Waals surface area contributed by atoms with Gasteiger partial charge in [-0.25, -0.2) is 0 Å². The van der Waals surface area contributed by atoms with Gasteiger partial charge in [0.1, 0.15) is 0 Å². The van der Waals surface area contributed by atoms with Crippen molar-refractivity contribution in [2.45, 2.75) is 32.4 Å². The molecule has 3 nitrogen and oxygen atoms in total. The van der Waals surface area contributed by atoms with Crippen LogP contribution in [0.4, 0.5) is 0 Å². The second-order valence-corrected chi connectivity index (χ2v) is 5.62. The molecule has 4 heteroatoms. The van der Waals surface area contributed by atoms with Crippen molar-refractivity contribution in [1.82, 2.24) is 4.90 Å². The van der Waals surface area contributed by atoms with Gasteiger partial charge in [0.2, 0.25) is 0 Å². The fraction of sp³-hybridized carbons (Fsp3) is 0.571. The van der Waals surface area contributed by atoms with Crippen molar-refractivity contribution in [2.24, 2.45) is 5.73 Å². The van der Waals surface area contributed by atoms with E-state index < -0.39 is 0 Å². The summed E-state index contributed by atoms with van der Waals surface area (Å²) >= 11 is 3.53. The summed E-state index contributed by atoms with van der Waals surface area (Å²) in [5.74, 6) is 0. The van der Waals surface area contributed by atoms with Crippen LogP contribution in [0.1, 0.15) is 31.9 Å². The van der Waals surface area contributed by atoms with Gasteiger partial charge < -0.3 is 10.8 Å². The van der Waals surface area contributed by atoms with Crippen LogP contribution < -0.4 is 5.73 Å². The van der Waals surface area contributed by atoms with E-state index in [2.05, 4.69) is 40.7 Å². The number of nitrogens with two attached hydrogens (primary N) is 1. The van der Waals surface area contributed by atoms with E-state index in [1.807, 2.05) is 18.2 Å². The zero-order valence-electron chi connectivity index (χ0n) is 11.1. The Kier molecular flexibility index (Phi) is 6.86. The zero-order valence-corrected chi connectivity index (χ0v) is 12.7. The topological polar surface area (TPSA) is 49.5 Å². The normalized spacial score (nSPS) is 13.3. The largest absolute Gasteiger partial charge is 0.395 e. The van der Waals surface area contributed by atoms with Gasteiger partial charge in [-0.1, -0.05) is 34.1 Å². The van der Waals surface area contributed by atoms with Crippen molar-refractivity contribution >= 4 is 15.9 Å². The number of hydrogen-bond acceptors (Lipinski definition) is 3. The molecule has 0 fully saturated rings. The van der Waals surface area contributed by atoms with Gasteiger partial charge in [-0.15, -0.1) is 0 Å². The van der Waals surface area contributed by atoms with Gasteiger partial charge in [0.05, 0.1) is 6.61 Å². The maximum absolute atomic E-state index is 9.03. The van der Waals surface area contributed by atoms with Crippen LogP contribution >= 0.6 is 15.9 Å². The Bertz CT molecular complexity index is 357. The lowest BCUT2D eigenvalue weighted by molar-refractivity contribution is 0.161. The third-order valence-corrected chi connectivity index (χ3v) is 3.87. The van der Waals surface area contributed by atoms with Crippen molar-refractivity contribution in [3.63, 3.8) is 0 Å². The average molecular weight is 315 g/mol. The number of benzene rings is 1. The number of nitrogens with zero attached hydrogens (tertiary/aromatic N) is 1. The molecule has 18 heavy (non-hydrogen) atoms. The smallest absolute Gasteiger partial charge is 0.0558 e. The summed E-state index contributed by atoms with van der Waals surface area (Å²) in [6.45, 7) is 6.09. The van der Waals surface area contributed by atoms with Crippen LogP contribution in [0, 0.1) is 0 Å². The zero-order chi connectivity index (χ0) is 13.5. The van der Waals surface area contributed by atoms with E-state index in [4.69, 9.17) is 10.8 Å². The minimum Gasteiger partial charge on any atom is -0.395 e. The van der Waals surface area contributed by atoms with E-state index in [0.29, 0.717) is 12.6 Å². The Hall–Kier alpha value is -0.420. The lowest BCUT2D eigenvalue weighted by Crippen LogP contribution is -2.35. The van der Waals surface area contributed by atoms with Gasteiger partial charge in [-0.3, -0.25) is 4.90 Å². The molecular formula is C14H23BrN2O. The second-order valence-electron chi connectivity index (χ2n) is 4.77. The van der Waals surface area contributed by atoms with Gasteiger partial charge in [-0.05, 0) is 31.9 Å². The van der Waals surface area contributed by atoms with E-state index in [9.17, 15) is 0 Å². The summed E-state index contributed by atoms with van der Waals surface area (Å²) in [7, 11) is 0. The first kappa shape index (κ1) is 15.6. The Labute approximate surface area is 118 Å². The van der Waals surface area contributed by atoms with Gasteiger partial charge in [0.15, 0.2) is 0 Å². The molecule has 0 spiro atoms. The maximum atomic E-state index is 9.03. The molecule has 0 aliphatic carbocycles. The van der Waals surface area contributed by atoms with E-state index in [-0.39, 0.29) is 12.6 Å². The molecule has 102 valence electrons. The Balaban J connectivity index is 2.54. The molecule has 1 atom stereocenters. The third kappa shape index (κ3) is 4.69. The van der Waals surface area contributed by atoms with Crippen molar-refractivity contribution in [1.29, 1.82) is 0 Å². The molecule has 1 aromatic rings. The maximum Gasteiger partial charge on any atom is 0.0558 e. The van der Waals surface area contributed by atoms with Crippen molar-refractivity contribution < 1.29 is 5.11 Å². The van der Waals surface area contributed by atoms with Gasteiger partial charge in [0.25, 0.3) is 0 Å². The quantitative estimate of drug-likeness (QED) is 0.813. The summed E-state index contributed by atoms with van der Waals surface area (Å²) in [6.07, 6.45) is 0.890. The SMILES string of the molecule is CC(C)N(CCO)CCC(N)c1ccccc1Br. The Morgan fingerprint density at radius 2 is 1.94 bits per heavy atom. The molecule has 0 saturated heterocycles. The molecule has 0 aliphatic heterocycles. The molecule has 1 rings (SSSR count). The van der Waals surface area contributed by atoms with Gasteiger partial charge in [-0.2, -0.15) is 0 Å². The molecule has 0 bridgehead atoms. The first-order valence-electron chi connectivity index (χ1n) is 6.41. The van der Waals surface area contributed by atoms with Crippen LogP contribution in [-0.4, -0.2) is 35.7 Å². The second kappa shape index (κ2) is 7.89. The summed E-state index contributed by atoms with van der Waals surface area (Å²) in [5.41, 5.74) is 7.36. The highest BCUT2D eigenvalue weighted by Gasteiger charge is 2.13. The lowest BCUT2D eigenvalue weighted by Gasteiger charge is -2.27. The predicted molar refractivity (Wildman–Crippen MR) is 79.5 cm³/mol. The fourth-order valence-electron chi connectivity index (χ4n) is 1.99. The van der Waals surface area contributed by atoms with Gasteiger partial charge in [0, 0.05) is 29.6 Å². The molecule has 0 aromatic heterocycles. The highest BCUT2D eigenvalue weighted by atomic mass is 79.9. The highest BCUT2D eigenvalue weighted by molar-refractivity contribution is 9.10. The molecule has 0 saturated carbocycles. The van der Waals surface area contributed by atoms with E-state index >= 15 is 0 Å². The average Bonchev–Trinajstić information content (AvgIpc) is 2.34. The van der Waals surface area contributed by atoms with E-state index in [0.717, 1.165) is 23.0 Å². The first-order valence-corrected chi connectivity index (χ1v) is 7.20. The van der Waals surface area contributed by atoms with Crippen LogP contribution in [0.2, 0.25) is 0 Å². The van der Waals surface area contributed by atoms with Crippen LogP contribution in [-0.2, 0) is 0 Å². The van der Waals surface area contributed by atoms with Crippen LogP contribution in [0.3, 0.4) is 0 Å². The molecule has 1 aromatic carbocycles. The van der Waals surface area contributed by atoms with Crippen molar-refractivity contribution in [2.75, 3.05) is 19.7 Å². The number of aliphatic hydroxyl groups is 1. The molecular weight excluding hydrogens is 292 g/mol. The monoisotopic (exact) mass is 314 g/mol. The molecule has 0 aliphatic rings. The fourth-order valence-corrected chi connectivity index (χ4v) is 2.57. The minimum absolute atomic E-state index is 0.0283. The Morgan fingerprint density at radius 3 is 2.50 bits per heavy atom. The number of hydrogen-bond donors (Lipinski definition) is 2. The van der Waals surface area contributed by atoms with E-state index in [1.54, 1.807) is 0 Å². The summed E-state index contributed by atoms with van der Waals surface area (Å²) < 4.78 is 1.07. The highest BCUT2D eigenvalue weighted by Crippen LogP contribution is 2.23. The lowest BCUT2D eigenvalue weighted by atomic mass is 10.0. The summed E-state index contributed by atoms with van der Waals surface area (Å²) in [6, 6.07) is 8.54. The number of rotatable bonds is 7. The number of halogens is 1.